The van der Waals surface area contributed by atoms with Gasteiger partial charge in [-0.25, -0.2) is 9.13 Å². The topological polar surface area (TPSA) is 237 Å². The van der Waals surface area contributed by atoms with E-state index in [0.717, 1.165) is 108 Å². The molecule has 0 bridgehead atoms. The molecular formula is C74H144O17P2. The van der Waals surface area contributed by atoms with E-state index in [1.54, 1.807) is 0 Å². The Morgan fingerprint density at radius 1 is 0.312 bits per heavy atom. The quantitative estimate of drug-likeness (QED) is 0.0222. The van der Waals surface area contributed by atoms with Crippen LogP contribution in [0.5, 0.6) is 0 Å². The summed E-state index contributed by atoms with van der Waals surface area (Å²) in [5.41, 5.74) is 0. The highest BCUT2D eigenvalue weighted by Gasteiger charge is 2.30. The Kier molecular flexibility index (Phi) is 63.4. The minimum Gasteiger partial charge on any atom is -0.462 e. The van der Waals surface area contributed by atoms with Crippen LogP contribution in [0.3, 0.4) is 0 Å². The summed E-state index contributed by atoms with van der Waals surface area (Å²) in [6, 6.07) is 0. The van der Waals surface area contributed by atoms with E-state index in [9.17, 15) is 43.2 Å². The SMILES string of the molecule is CCCCCCCCCCCCCCCCCCCCCCCC(=O)O[C@H](COC(=O)CCCCCCCCCCCCC(C)C)COP(=O)(O)OC[C@@H](O)COP(=O)(O)OC[C@@H](COC(=O)CCCCCCCCC(C)C)OC(=O)CCCCCCCCC(C)CC. The monoisotopic (exact) mass is 1370 g/mol. The highest BCUT2D eigenvalue weighted by atomic mass is 31.2. The molecule has 0 aliphatic carbocycles. The number of carbonyl (C=O) groups excluding carboxylic acids is 4. The first-order valence-corrected chi connectivity index (χ1v) is 41.4. The Hall–Kier alpha value is -1.94. The maximum atomic E-state index is 13.1. The Morgan fingerprint density at radius 3 is 0.817 bits per heavy atom. The molecule has 0 aromatic carbocycles. The number of unbranched alkanes of at least 4 members (excludes halogenated alkanes) is 39. The molecule has 0 aliphatic rings. The van der Waals surface area contributed by atoms with Gasteiger partial charge in [0.25, 0.3) is 0 Å². The number of phosphoric ester groups is 2. The van der Waals surface area contributed by atoms with Crippen LogP contribution in [-0.2, 0) is 65.4 Å². The van der Waals surface area contributed by atoms with Crippen LogP contribution >= 0.6 is 15.6 Å². The summed E-state index contributed by atoms with van der Waals surface area (Å²) < 4.78 is 68.3. The zero-order valence-electron chi connectivity index (χ0n) is 60.7. The third kappa shape index (κ3) is 67.0. The number of rotatable bonds is 72. The number of phosphoric acid groups is 2. The van der Waals surface area contributed by atoms with Crippen LogP contribution in [0.15, 0.2) is 0 Å². The van der Waals surface area contributed by atoms with E-state index in [-0.39, 0.29) is 25.7 Å². The normalized spacial score (nSPS) is 14.4. The van der Waals surface area contributed by atoms with Gasteiger partial charge in [0, 0.05) is 25.7 Å². The first-order valence-electron chi connectivity index (χ1n) is 38.4. The number of hydrogen-bond donors (Lipinski definition) is 3. The molecule has 0 heterocycles. The van der Waals surface area contributed by atoms with Crippen molar-refractivity contribution in [2.24, 2.45) is 17.8 Å². The Morgan fingerprint density at radius 2 is 0.548 bits per heavy atom. The fourth-order valence-corrected chi connectivity index (χ4v) is 12.8. The van der Waals surface area contributed by atoms with E-state index in [2.05, 4.69) is 48.5 Å². The van der Waals surface area contributed by atoms with Gasteiger partial charge in [0.2, 0.25) is 0 Å². The van der Waals surface area contributed by atoms with Gasteiger partial charge in [0.15, 0.2) is 12.2 Å². The van der Waals surface area contributed by atoms with Gasteiger partial charge in [0.1, 0.15) is 19.3 Å². The van der Waals surface area contributed by atoms with E-state index >= 15 is 0 Å². The lowest BCUT2D eigenvalue weighted by Gasteiger charge is -2.21. The molecule has 17 nitrogen and oxygen atoms in total. The summed E-state index contributed by atoms with van der Waals surface area (Å²) in [5, 5.41) is 10.6. The van der Waals surface area contributed by atoms with Crippen LogP contribution in [0.25, 0.3) is 0 Å². The molecule has 552 valence electrons. The minimum atomic E-state index is -4.96. The molecule has 0 amide bonds. The number of esters is 4. The predicted octanol–water partition coefficient (Wildman–Crippen LogP) is 21.4. The Balaban J connectivity index is 5.18. The second kappa shape index (κ2) is 64.7. The lowest BCUT2D eigenvalue weighted by molar-refractivity contribution is -0.161. The van der Waals surface area contributed by atoms with Crippen molar-refractivity contribution in [1.29, 1.82) is 0 Å². The molecule has 0 fully saturated rings. The fraction of sp³-hybridized carbons (Fsp3) is 0.946. The van der Waals surface area contributed by atoms with Gasteiger partial charge in [-0.1, -0.05) is 325 Å². The van der Waals surface area contributed by atoms with Crippen molar-refractivity contribution in [2.45, 2.75) is 394 Å². The molecule has 0 radical (unpaired) electrons. The van der Waals surface area contributed by atoms with E-state index in [1.165, 1.54) is 180 Å². The molecule has 0 saturated heterocycles. The van der Waals surface area contributed by atoms with Crippen LogP contribution in [0.2, 0.25) is 0 Å². The third-order valence-electron chi connectivity index (χ3n) is 17.5. The first-order chi connectivity index (χ1) is 44.8. The summed E-state index contributed by atoms with van der Waals surface area (Å²) in [6.45, 7) is 11.7. The highest BCUT2D eigenvalue weighted by molar-refractivity contribution is 7.47. The van der Waals surface area contributed by atoms with Gasteiger partial charge >= 0.3 is 39.5 Å². The van der Waals surface area contributed by atoms with E-state index in [0.29, 0.717) is 31.6 Å². The van der Waals surface area contributed by atoms with Gasteiger partial charge in [-0.05, 0) is 43.4 Å². The highest BCUT2D eigenvalue weighted by Crippen LogP contribution is 2.45. The van der Waals surface area contributed by atoms with Gasteiger partial charge < -0.3 is 33.8 Å². The maximum Gasteiger partial charge on any atom is 0.472 e. The van der Waals surface area contributed by atoms with E-state index in [1.807, 2.05) is 0 Å². The van der Waals surface area contributed by atoms with Crippen LogP contribution in [0.1, 0.15) is 376 Å². The average Bonchev–Trinajstić information content (AvgIpc) is 1.94. The maximum absolute atomic E-state index is 13.1. The number of aliphatic hydroxyl groups is 1. The van der Waals surface area contributed by atoms with Crippen molar-refractivity contribution in [3.8, 4) is 0 Å². The molecule has 0 aromatic heterocycles. The number of hydrogen-bond acceptors (Lipinski definition) is 15. The van der Waals surface area contributed by atoms with E-state index < -0.39 is 97.5 Å². The third-order valence-corrected chi connectivity index (χ3v) is 19.4. The van der Waals surface area contributed by atoms with Crippen molar-refractivity contribution in [1.82, 2.24) is 0 Å². The van der Waals surface area contributed by atoms with Crippen LogP contribution in [-0.4, -0.2) is 96.7 Å². The van der Waals surface area contributed by atoms with Crippen molar-refractivity contribution in [3.63, 3.8) is 0 Å². The van der Waals surface area contributed by atoms with Crippen LogP contribution in [0.4, 0.5) is 0 Å². The lowest BCUT2D eigenvalue weighted by Crippen LogP contribution is -2.30. The fourth-order valence-electron chi connectivity index (χ4n) is 11.2. The predicted molar refractivity (Wildman–Crippen MR) is 377 cm³/mol. The molecule has 93 heavy (non-hydrogen) atoms. The lowest BCUT2D eigenvalue weighted by atomic mass is 10.00. The van der Waals surface area contributed by atoms with Crippen molar-refractivity contribution in [2.75, 3.05) is 39.6 Å². The summed E-state index contributed by atoms with van der Waals surface area (Å²) in [6.07, 6.45) is 50.4. The van der Waals surface area contributed by atoms with Crippen molar-refractivity contribution in [3.05, 3.63) is 0 Å². The van der Waals surface area contributed by atoms with E-state index in [4.69, 9.17) is 37.0 Å². The Labute approximate surface area is 568 Å². The molecule has 3 N–H and O–H groups in total. The molecule has 0 aromatic rings. The molecule has 0 aliphatic heterocycles. The van der Waals surface area contributed by atoms with Gasteiger partial charge in [0.05, 0.1) is 26.4 Å². The molecule has 0 saturated carbocycles. The summed E-state index contributed by atoms with van der Waals surface area (Å²) >= 11 is 0. The standard InChI is InChI=1S/C74H144O17P2/c1-8-10-11-12-13-14-15-16-17-18-19-20-21-22-23-24-25-30-33-43-50-57-73(78)90-69(61-84-71(76)55-48-41-32-29-27-26-28-31-38-45-52-65(3)4)63-88-92(80,81)86-59-68(75)60-87-93(82,83)89-64-70(62-85-72(77)56-49-42-36-34-39-46-53-66(5)6)91-74(79)58-51-44-37-35-40-47-54-67(7)9-2/h65-70,75H,8-64H2,1-7H3,(H,80,81)(H,82,83)/t67?,68-,69-,70-/m1/s1. The summed E-state index contributed by atoms with van der Waals surface area (Å²) in [7, 11) is -9.91. The Bertz CT molecular complexity index is 1820. The zero-order valence-corrected chi connectivity index (χ0v) is 62.5. The molecule has 0 rings (SSSR count). The van der Waals surface area contributed by atoms with Gasteiger partial charge in [-0.3, -0.25) is 37.3 Å². The molecule has 19 heteroatoms. The average molecular weight is 1370 g/mol. The minimum absolute atomic E-state index is 0.102. The second-order valence-corrected chi connectivity index (χ2v) is 30.8. The summed E-state index contributed by atoms with van der Waals surface area (Å²) in [4.78, 5) is 72.6. The summed E-state index contributed by atoms with van der Waals surface area (Å²) in [5.74, 6) is 0.0302. The molecule has 3 unspecified atom stereocenters. The number of ether oxygens (including phenoxy) is 4. The van der Waals surface area contributed by atoms with Crippen molar-refractivity contribution >= 4 is 39.5 Å². The second-order valence-electron chi connectivity index (χ2n) is 27.9. The number of aliphatic hydroxyl groups excluding tert-OH is 1. The molecular weight excluding hydrogens is 1220 g/mol. The molecule has 0 spiro atoms. The molecule has 6 atom stereocenters. The van der Waals surface area contributed by atoms with Crippen LogP contribution < -0.4 is 0 Å². The first kappa shape index (κ1) is 91.1. The van der Waals surface area contributed by atoms with Gasteiger partial charge in [-0.2, -0.15) is 0 Å². The van der Waals surface area contributed by atoms with Crippen molar-refractivity contribution < 1.29 is 80.2 Å². The van der Waals surface area contributed by atoms with Gasteiger partial charge in [-0.15, -0.1) is 0 Å². The largest absolute Gasteiger partial charge is 0.472 e. The van der Waals surface area contributed by atoms with Crippen LogP contribution in [0, 0.1) is 17.8 Å². The smallest absolute Gasteiger partial charge is 0.462 e. The number of carbonyl (C=O) groups is 4. The zero-order chi connectivity index (χ0) is 68.7.